The fourth-order valence-corrected chi connectivity index (χ4v) is 3.10. The molecule has 0 aliphatic carbocycles. The quantitative estimate of drug-likeness (QED) is 0.487. The molecule has 32 heavy (non-hydrogen) atoms. The van der Waals surface area contributed by atoms with E-state index >= 15 is 0 Å². The smallest absolute Gasteiger partial charge is 0.276 e. The van der Waals surface area contributed by atoms with Gasteiger partial charge in [-0.15, -0.1) is 0 Å². The highest BCUT2D eigenvalue weighted by atomic mass is 79.9. The molecule has 0 unspecified atom stereocenters. The third-order valence-corrected chi connectivity index (χ3v) is 4.82. The van der Waals surface area contributed by atoms with Gasteiger partial charge in [-0.25, -0.2) is 17.6 Å². The number of amides is 1. The molecule has 0 spiro atoms. The van der Waals surface area contributed by atoms with E-state index in [2.05, 4.69) is 20.9 Å². The Labute approximate surface area is 186 Å². The number of nitrogens with two attached hydrogens (primary N) is 1. The summed E-state index contributed by atoms with van der Waals surface area (Å²) in [5.74, 6) is -5.48. The zero-order chi connectivity index (χ0) is 23.6. The van der Waals surface area contributed by atoms with Crippen LogP contribution in [-0.4, -0.2) is 22.1 Å². The Morgan fingerprint density at radius 1 is 1.09 bits per heavy atom. The van der Waals surface area contributed by atoms with Crippen LogP contribution in [0, 0.1) is 30.2 Å². The number of rotatable bonds is 7. The lowest BCUT2D eigenvalue weighted by Gasteiger charge is -2.15. The van der Waals surface area contributed by atoms with Crippen molar-refractivity contribution in [1.29, 1.82) is 0 Å². The normalized spacial score (nSPS) is 10.8. The average molecular weight is 516 g/mol. The van der Waals surface area contributed by atoms with Crippen molar-refractivity contribution in [2.24, 2.45) is 5.73 Å². The molecule has 1 amide bonds. The van der Waals surface area contributed by atoms with E-state index in [1.807, 2.05) is 0 Å². The van der Waals surface area contributed by atoms with Crippen molar-refractivity contribution in [1.82, 2.24) is 9.55 Å². The van der Waals surface area contributed by atoms with Gasteiger partial charge in [0.1, 0.15) is 40.0 Å². The van der Waals surface area contributed by atoms with Crippen molar-refractivity contribution in [2.75, 3.05) is 6.61 Å². The van der Waals surface area contributed by atoms with Crippen LogP contribution in [0.4, 0.5) is 17.6 Å². The number of hydrogen-bond donors (Lipinski definition) is 1. The number of nitrogens with zero attached hydrogens (tertiary/aromatic N) is 2. The van der Waals surface area contributed by atoms with Gasteiger partial charge in [0.2, 0.25) is 5.88 Å². The minimum atomic E-state index is -1.16. The molecule has 1 aromatic heterocycles. The monoisotopic (exact) mass is 515 g/mol. The molecule has 0 bridgehead atoms. The summed E-state index contributed by atoms with van der Waals surface area (Å²) in [5, 5.41) is 0. The first-order chi connectivity index (χ1) is 15.1. The Bertz CT molecular complexity index is 1240. The molecule has 7 nitrogen and oxygen atoms in total. The van der Waals surface area contributed by atoms with E-state index in [0.717, 1.165) is 18.2 Å². The predicted molar refractivity (Wildman–Crippen MR) is 108 cm³/mol. The summed E-state index contributed by atoms with van der Waals surface area (Å²) in [5.41, 5.74) is 3.29. The molecule has 1 heterocycles. The molecule has 2 N–H and O–H groups in total. The van der Waals surface area contributed by atoms with Gasteiger partial charge >= 0.3 is 0 Å². The van der Waals surface area contributed by atoms with Crippen LogP contribution in [0.25, 0.3) is 5.69 Å². The van der Waals surface area contributed by atoms with Crippen molar-refractivity contribution >= 4 is 21.8 Å². The highest BCUT2D eigenvalue weighted by molar-refractivity contribution is 9.10. The summed E-state index contributed by atoms with van der Waals surface area (Å²) in [6, 6.07) is 4.44. The van der Waals surface area contributed by atoms with Crippen molar-refractivity contribution in [3.05, 3.63) is 79.8 Å². The maximum Gasteiger partial charge on any atom is 0.276 e. The molecule has 0 aliphatic rings. The predicted octanol–water partition coefficient (Wildman–Crippen LogP) is 3.30. The molecule has 0 saturated heterocycles. The Hall–Kier alpha value is -3.41. The third-order valence-electron chi connectivity index (χ3n) is 4.14. The van der Waals surface area contributed by atoms with Gasteiger partial charge in [0, 0.05) is 23.8 Å². The lowest BCUT2D eigenvalue weighted by Crippen LogP contribution is -2.26. The molecule has 0 saturated carbocycles. The van der Waals surface area contributed by atoms with Gasteiger partial charge in [0.05, 0.1) is 0 Å². The van der Waals surface area contributed by atoms with Crippen molar-refractivity contribution in [3.63, 3.8) is 0 Å². The first kappa shape index (κ1) is 23.3. The molecule has 0 radical (unpaired) electrons. The van der Waals surface area contributed by atoms with Crippen LogP contribution in [0.15, 0.2) is 39.6 Å². The molecule has 12 heteroatoms. The maximum atomic E-state index is 14.6. The molecule has 2 aromatic carbocycles. The van der Waals surface area contributed by atoms with Crippen molar-refractivity contribution < 1.29 is 31.8 Å². The van der Waals surface area contributed by atoms with E-state index in [-0.39, 0.29) is 34.1 Å². The van der Waals surface area contributed by atoms with Gasteiger partial charge in [0.15, 0.2) is 18.2 Å². The van der Waals surface area contributed by atoms with Crippen LogP contribution in [0.5, 0.6) is 11.6 Å². The van der Waals surface area contributed by atoms with Crippen LogP contribution in [0.1, 0.15) is 11.4 Å². The standard InChI is InChI=1S/C20H14BrF4N3O4/c1-9-27-19(32-7-10-2-3-11(22)4-13(10)23)17(21)20(30)28(9)18-14(24)5-12(6-15(18)25)31-8-16(26)29/h2-6H,7-8H2,1H3,(H2,26,29). The van der Waals surface area contributed by atoms with E-state index in [1.165, 1.54) is 13.0 Å². The van der Waals surface area contributed by atoms with Crippen molar-refractivity contribution in [3.8, 4) is 17.3 Å². The van der Waals surface area contributed by atoms with Gasteiger partial charge in [-0.05, 0) is 35.0 Å². The molecule has 0 atom stereocenters. The number of aryl methyl sites for hydroxylation is 1. The summed E-state index contributed by atoms with van der Waals surface area (Å²) in [4.78, 5) is 27.6. The third kappa shape index (κ3) is 4.90. The van der Waals surface area contributed by atoms with Crippen LogP contribution in [-0.2, 0) is 11.4 Å². The molecule has 0 fully saturated rings. The summed E-state index contributed by atoms with van der Waals surface area (Å²) in [6.07, 6.45) is 0. The fourth-order valence-electron chi connectivity index (χ4n) is 2.72. The SMILES string of the molecule is Cc1nc(OCc2ccc(F)cc2F)c(Br)c(=O)n1-c1c(F)cc(OCC(N)=O)cc1F. The second-order valence-corrected chi connectivity index (χ2v) is 7.23. The first-order valence-corrected chi connectivity index (χ1v) is 9.64. The van der Waals surface area contributed by atoms with E-state index in [1.54, 1.807) is 0 Å². The Morgan fingerprint density at radius 3 is 2.34 bits per heavy atom. The molecule has 0 aliphatic heterocycles. The number of benzene rings is 2. The Morgan fingerprint density at radius 2 is 1.75 bits per heavy atom. The van der Waals surface area contributed by atoms with Crippen LogP contribution >= 0.6 is 15.9 Å². The lowest BCUT2D eigenvalue weighted by molar-refractivity contribution is -0.119. The van der Waals surface area contributed by atoms with E-state index < -0.39 is 47.0 Å². The number of hydrogen-bond acceptors (Lipinski definition) is 5. The second-order valence-electron chi connectivity index (χ2n) is 6.43. The fraction of sp³-hybridized carbons (Fsp3) is 0.150. The first-order valence-electron chi connectivity index (χ1n) is 8.85. The summed E-state index contributed by atoms with van der Waals surface area (Å²) in [7, 11) is 0. The maximum absolute atomic E-state index is 14.6. The number of aromatic nitrogens is 2. The van der Waals surface area contributed by atoms with Gasteiger partial charge < -0.3 is 15.2 Å². The van der Waals surface area contributed by atoms with E-state index in [4.69, 9.17) is 15.2 Å². The zero-order valence-corrected chi connectivity index (χ0v) is 17.9. The van der Waals surface area contributed by atoms with E-state index in [9.17, 15) is 27.2 Å². The second kappa shape index (κ2) is 9.39. The molecule has 3 rings (SSSR count). The van der Waals surface area contributed by atoms with E-state index in [0.29, 0.717) is 10.6 Å². The number of halogens is 5. The number of carbonyl (C=O) groups is 1. The summed E-state index contributed by atoms with van der Waals surface area (Å²) in [6.45, 7) is 0.329. The van der Waals surface area contributed by atoms with Gasteiger partial charge in [-0.3, -0.25) is 14.2 Å². The van der Waals surface area contributed by atoms with Crippen molar-refractivity contribution in [2.45, 2.75) is 13.5 Å². The zero-order valence-electron chi connectivity index (χ0n) is 16.3. The van der Waals surface area contributed by atoms with Crippen LogP contribution in [0.3, 0.4) is 0 Å². The Balaban J connectivity index is 1.95. The molecule has 168 valence electrons. The number of carbonyl (C=O) groups excluding carboxylic acids is 1. The van der Waals surface area contributed by atoms with Gasteiger partial charge in [0.25, 0.3) is 11.5 Å². The number of primary amides is 1. The largest absolute Gasteiger partial charge is 0.484 e. The average Bonchev–Trinajstić information content (AvgIpc) is 2.71. The topological polar surface area (TPSA) is 96.4 Å². The molecular weight excluding hydrogens is 502 g/mol. The highest BCUT2D eigenvalue weighted by Gasteiger charge is 2.22. The Kier molecular flexibility index (Phi) is 6.82. The lowest BCUT2D eigenvalue weighted by atomic mass is 10.2. The summed E-state index contributed by atoms with van der Waals surface area (Å²) >= 11 is 2.98. The molecule has 3 aromatic rings. The molecular formula is C20H14BrF4N3O4. The van der Waals surface area contributed by atoms with Crippen LogP contribution in [0.2, 0.25) is 0 Å². The van der Waals surface area contributed by atoms with Crippen LogP contribution < -0.4 is 20.8 Å². The van der Waals surface area contributed by atoms with Gasteiger partial charge in [-0.1, -0.05) is 0 Å². The highest BCUT2D eigenvalue weighted by Crippen LogP contribution is 2.27. The minimum absolute atomic E-state index is 0.00516. The summed E-state index contributed by atoms with van der Waals surface area (Å²) < 4.78 is 66.6. The van der Waals surface area contributed by atoms with Gasteiger partial charge in [-0.2, -0.15) is 4.98 Å². The minimum Gasteiger partial charge on any atom is -0.484 e. The number of ether oxygens (including phenoxy) is 2.